The van der Waals surface area contributed by atoms with E-state index in [0.29, 0.717) is 17.5 Å². The number of sulfonamides is 1. The van der Waals surface area contributed by atoms with E-state index in [1.807, 2.05) is 13.8 Å². The number of hydrogen-bond donors (Lipinski definition) is 4. The molecule has 21 heavy (non-hydrogen) atoms. The third kappa shape index (κ3) is 3.55. The second-order valence-corrected chi connectivity index (χ2v) is 7.66. The summed E-state index contributed by atoms with van der Waals surface area (Å²) in [6.07, 6.45) is 1.99. The Kier molecular flexibility index (Phi) is 4.27. The number of hydrogen-bond acceptors (Lipinski definition) is 4. The first-order chi connectivity index (χ1) is 9.75. The summed E-state index contributed by atoms with van der Waals surface area (Å²) in [5, 5.41) is 9.56. The number of aromatic amines is 1. The molecule has 0 aliphatic carbocycles. The quantitative estimate of drug-likeness (QED) is 0.605. The normalized spacial score (nSPS) is 12.9. The van der Waals surface area contributed by atoms with E-state index in [0.717, 1.165) is 5.52 Å². The fraction of sp³-hybridized carbons (Fsp3) is 0.429. The highest BCUT2D eigenvalue weighted by Gasteiger charge is 2.24. The van der Waals surface area contributed by atoms with Crippen LogP contribution in [-0.4, -0.2) is 31.7 Å². The Bertz CT molecular complexity index is 735. The molecule has 0 amide bonds. The fourth-order valence-corrected chi connectivity index (χ4v) is 3.50. The minimum atomic E-state index is -3.63. The van der Waals surface area contributed by atoms with E-state index >= 15 is 0 Å². The van der Waals surface area contributed by atoms with Crippen LogP contribution in [0.4, 0.5) is 5.69 Å². The highest BCUT2D eigenvalue weighted by molar-refractivity contribution is 7.89. The van der Waals surface area contributed by atoms with Crippen molar-refractivity contribution in [2.45, 2.75) is 25.2 Å². The fourth-order valence-electron chi connectivity index (χ4n) is 2.09. The van der Waals surface area contributed by atoms with Crippen molar-refractivity contribution in [3.8, 4) is 0 Å². The van der Waals surface area contributed by atoms with E-state index in [9.17, 15) is 8.42 Å². The van der Waals surface area contributed by atoms with Gasteiger partial charge in [-0.05, 0) is 30.0 Å². The van der Waals surface area contributed by atoms with Crippen LogP contribution < -0.4 is 10.5 Å². The summed E-state index contributed by atoms with van der Waals surface area (Å²) in [6, 6.07) is 5.10. The van der Waals surface area contributed by atoms with Gasteiger partial charge in [0.25, 0.3) is 0 Å². The third-order valence-corrected chi connectivity index (χ3v) is 4.93. The van der Waals surface area contributed by atoms with E-state index < -0.39 is 10.0 Å². The number of aliphatic hydroxyl groups excluding tert-OH is 1. The van der Waals surface area contributed by atoms with Crippen molar-refractivity contribution in [3.05, 3.63) is 24.4 Å². The minimum Gasteiger partial charge on any atom is -0.399 e. The Balaban J connectivity index is 2.28. The lowest BCUT2D eigenvalue weighted by Crippen LogP contribution is -2.34. The van der Waals surface area contributed by atoms with Crippen molar-refractivity contribution in [1.29, 1.82) is 0 Å². The zero-order valence-corrected chi connectivity index (χ0v) is 13.0. The van der Waals surface area contributed by atoms with Gasteiger partial charge in [0.15, 0.2) is 0 Å². The summed E-state index contributed by atoms with van der Waals surface area (Å²) in [5.41, 5.74) is 6.64. The average Bonchev–Trinajstić information content (AvgIpc) is 2.80. The average molecular weight is 311 g/mol. The highest BCUT2D eigenvalue weighted by Crippen LogP contribution is 2.25. The lowest BCUT2D eigenvalue weighted by Gasteiger charge is -2.23. The van der Waals surface area contributed by atoms with Gasteiger partial charge in [0, 0.05) is 35.9 Å². The van der Waals surface area contributed by atoms with Crippen LogP contribution in [0.3, 0.4) is 0 Å². The lowest BCUT2D eigenvalue weighted by molar-refractivity contribution is 0.213. The molecule has 0 fully saturated rings. The zero-order valence-electron chi connectivity index (χ0n) is 12.2. The van der Waals surface area contributed by atoms with Crippen LogP contribution in [0.1, 0.15) is 20.3 Å². The molecular formula is C14H21N3O3S. The second kappa shape index (κ2) is 5.67. The molecule has 2 aromatic rings. The van der Waals surface area contributed by atoms with Crippen molar-refractivity contribution in [1.82, 2.24) is 9.71 Å². The first kappa shape index (κ1) is 15.8. The Morgan fingerprint density at radius 2 is 2.10 bits per heavy atom. The molecule has 0 spiro atoms. The topological polar surface area (TPSA) is 108 Å². The van der Waals surface area contributed by atoms with Crippen molar-refractivity contribution in [2.75, 3.05) is 18.9 Å². The maximum absolute atomic E-state index is 12.4. The van der Waals surface area contributed by atoms with Crippen LogP contribution >= 0.6 is 0 Å². The number of rotatable bonds is 6. The maximum Gasteiger partial charge on any atom is 0.242 e. The maximum atomic E-state index is 12.4. The van der Waals surface area contributed by atoms with E-state index in [1.54, 1.807) is 18.2 Å². The zero-order chi connectivity index (χ0) is 15.7. The summed E-state index contributed by atoms with van der Waals surface area (Å²) in [5.74, 6) is 0. The SMILES string of the molecule is CC(C)(CCO)CNS(=O)(=O)c1c[nH]c2ccc(N)cc12. The summed E-state index contributed by atoms with van der Waals surface area (Å²) in [7, 11) is -3.63. The van der Waals surface area contributed by atoms with Gasteiger partial charge < -0.3 is 15.8 Å². The van der Waals surface area contributed by atoms with Gasteiger partial charge in [0.2, 0.25) is 10.0 Å². The summed E-state index contributed by atoms with van der Waals surface area (Å²) in [6.45, 7) is 4.08. The lowest BCUT2D eigenvalue weighted by atomic mass is 9.90. The van der Waals surface area contributed by atoms with Gasteiger partial charge in [-0.15, -0.1) is 0 Å². The molecule has 1 aromatic heterocycles. The molecule has 0 saturated heterocycles. The van der Waals surface area contributed by atoms with E-state index in [-0.39, 0.29) is 23.5 Å². The van der Waals surface area contributed by atoms with Crippen molar-refractivity contribution >= 4 is 26.6 Å². The standard InChI is InChI=1S/C14H21N3O3S/c1-14(2,5-6-18)9-17-21(19,20)13-8-16-12-4-3-10(15)7-11(12)13/h3-4,7-8,16-18H,5-6,9,15H2,1-2H3. The molecule has 0 bridgehead atoms. The van der Waals surface area contributed by atoms with Crippen LogP contribution in [-0.2, 0) is 10.0 Å². The van der Waals surface area contributed by atoms with Gasteiger partial charge in [-0.2, -0.15) is 0 Å². The van der Waals surface area contributed by atoms with E-state index in [2.05, 4.69) is 9.71 Å². The molecule has 0 aliphatic heterocycles. The number of anilines is 1. The number of fused-ring (bicyclic) bond motifs is 1. The monoisotopic (exact) mass is 311 g/mol. The third-order valence-electron chi connectivity index (χ3n) is 3.49. The van der Waals surface area contributed by atoms with Gasteiger partial charge in [0.1, 0.15) is 4.90 Å². The molecule has 5 N–H and O–H groups in total. The summed E-state index contributed by atoms with van der Waals surface area (Å²) < 4.78 is 27.5. The van der Waals surface area contributed by atoms with Crippen LogP contribution in [0.2, 0.25) is 0 Å². The van der Waals surface area contributed by atoms with Crippen molar-refractivity contribution in [3.63, 3.8) is 0 Å². The molecule has 7 heteroatoms. The van der Waals surface area contributed by atoms with Crippen LogP contribution in [0.15, 0.2) is 29.3 Å². The van der Waals surface area contributed by atoms with Gasteiger partial charge in [-0.1, -0.05) is 13.8 Å². The molecular weight excluding hydrogens is 290 g/mol. The number of nitrogens with one attached hydrogen (secondary N) is 2. The molecule has 1 aromatic carbocycles. The Hall–Kier alpha value is -1.57. The highest BCUT2D eigenvalue weighted by atomic mass is 32.2. The summed E-state index contributed by atoms with van der Waals surface area (Å²) >= 11 is 0. The van der Waals surface area contributed by atoms with Crippen molar-refractivity contribution < 1.29 is 13.5 Å². The first-order valence-electron chi connectivity index (χ1n) is 6.72. The van der Waals surface area contributed by atoms with Gasteiger partial charge in [-0.3, -0.25) is 0 Å². The van der Waals surface area contributed by atoms with Crippen LogP contribution in [0.25, 0.3) is 10.9 Å². The number of nitrogen functional groups attached to an aromatic ring is 1. The Morgan fingerprint density at radius 1 is 1.38 bits per heavy atom. The summed E-state index contributed by atoms with van der Waals surface area (Å²) in [4.78, 5) is 3.11. The van der Waals surface area contributed by atoms with Crippen LogP contribution in [0, 0.1) is 5.41 Å². The molecule has 116 valence electrons. The number of aromatic nitrogens is 1. The Labute approximate surface area is 124 Å². The first-order valence-corrected chi connectivity index (χ1v) is 8.21. The van der Waals surface area contributed by atoms with Gasteiger partial charge >= 0.3 is 0 Å². The van der Waals surface area contributed by atoms with Crippen LogP contribution in [0.5, 0.6) is 0 Å². The minimum absolute atomic E-state index is 0.0261. The molecule has 0 saturated carbocycles. The second-order valence-electron chi connectivity index (χ2n) is 5.92. The van der Waals surface area contributed by atoms with Gasteiger partial charge in [0.05, 0.1) is 0 Å². The largest absolute Gasteiger partial charge is 0.399 e. The molecule has 0 atom stereocenters. The molecule has 0 unspecified atom stereocenters. The molecule has 1 heterocycles. The predicted molar refractivity (Wildman–Crippen MR) is 83.4 cm³/mol. The number of benzene rings is 1. The Morgan fingerprint density at radius 3 is 2.76 bits per heavy atom. The number of H-pyrrole nitrogens is 1. The van der Waals surface area contributed by atoms with E-state index in [4.69, 9.17) is 10.8 Å². The molecule has 2 rings (SSSR count). The number of aliphatic hydroxyl groups is 1. The molecule has 6 nitrogen and oxygen atoms in total. The smallest absolute Gasteiger partial charge is 0.242 e. The predicted octanol–water partition coefficient (Wildman–Crippen LogP) is 1.44. The van der Waals surface area contributed by atoms with E-state index in [1.165, 1.54) is 6.20 Å². The van der Waals surface area contributed by atoms with Crippen molar-refractivity contribution in [2.24, 2.45) is 5.41 Å². The molecule has 0 aliphatic rings. The molecule has 0 radical (unpaired) electrons. The van der Waals surface area contributed by atoms with Gasteiger partial charge in [-0.25, -0.2) is 13.1 Å². The number of nitrogens with two attached hydrogens (primary N) is 1.